The number of hydrogen-bond donors (Lipinski definition) is 5. The van der Waals surface area contributed by atoms with E-state index in [1.165, 1.54) is 0 Å². The number of aryl methyl sites for hydroxylation is 1. The highest BCUT2D eigenvalue weighted by molar-refractivity contribution is 6.00. The van der Waals surface area contributed by atoms with Gasteiger partial charge >= 0.3 is 0 Å². The van der Waals surface area contributed by atoms with E-state index in [4.69, 9.17) is 10.9 Å². The Morgan fingerprint density at radius 3 is 2.65 bits per heavy atom. The molecule has 26 heavy (non-hydrogen) atoms. The van der Waals surface area contributed by atoms with Crippen molar-refractivity contribution in [3.8, 4) is 28.5 Å². The number of rotatable bonds is 3. The molecule has 0 saturated carbocycles. The average Bonchev–Trinajstić information content (AvgIpc) is 3.24. The van der Waals surface area contributed by atoms with Crippen molar-refractivity contribution in [1.29, 1.82) is 0 Å². The second-order valence-corrected chi connectivity index (χ2v) is 5.96. The van der Waals surface area contributed by atoms with Gasteiger partial charge in [0.1, 0.15) is 11.4 Å². The van der Waals surface area contributed by atoms with E-state index in [9.17, 15) is 5.11 Å². The zero-order valence-corrected chi connectivity index (χ0v) is 13.9. The fourth-order valence-electron chi connectivity index (χ4n) is 2.76. The molecular formula is C18H16N6O2. The predicted molar refractivity (Wildman–Crippen MR) is 98.0 cm³/mol. The van der Waals surface area contributed by atoms with Crippen LogP contribution in [0, 0.1) is 6.92 Å². The quantitative estimate of drug-likeness (QED) is 0.168. The van der Waals surface area contributed by atoms with Gasteiger partial charge in [-0.1, -0.05) is 35.0 Å². The van der Waals surface area contributed by atoms with Crippen LogP contribution in [-0.2, 0) is 0 Å². The average molecular weight is 348 g/mol. The van der Waals surface area contributed by atoms with E-state index in [2.05, 4.69) is 25.3 Å². The Morgan fingerprint density at radius 1 is 1.15 bits per heavy atom. The second kappa shape index (κ2) is 5.92. The number of nitrogens with zero attached hydrogens (tertiary/aromatic N) is 3. The van der Waals surface area contributed by atoms with E-state index < -0.39 is 0 Å². The molecule has 0 aliphatic carbocycles. The smallest absolute Gasteiger partial charge is 0.172 e. The summed E-state index contributed by atoms with van der Waals surface area (Å²) in [4.78, 5) is 7.59. The van der Waals surface area contributed by atoms with Gasteiger partial charge in [0.05, 0.1) is 11.0 Å². The molecule has 0 aliphatic heterocycles. The third-order valence-corrected chi connectivity index (χ3v) is 4.19. The lowest BCUT2D eigenvalue weighted by Crippen LogP contribution is -2.12. The molecule has 8 heteroatoms. The van der Waals surface area contributed by atoms with Crippen LogP contribution in [0.3, 0.4) is 0 Å². The first kappa shape index (κ1) is 15.7. The Hall–Kier alpha value is -3.81. The van der Waals surface area contributed by atoms with Gasteiger partial charge in [-0.2, -0.15) is 5.10 Å². The van der Waals surface area contributed by atoms with E-state index in [-0.39, 0.29) is 11.6 Å². The molecular weight excluding hydrogens is 332 g/mol. The van der Waals surface area contributed by atoms with Gasteiger partial charge in [0, 0.05) is 11.1 Å². The van der Waals surface area contributed by atoms with E-state index in [0.29, 0.717) is 28.3 Å². The molecule has 6 N–H and O–H groups in total. The first-order chi connectivity index (χ1) is 12.6. The maximum atomic E-state index is 10.6. The molecule has 8 nitrogen and oxygen atoms in total. The van der Waals surface area contributed by atoms with Crippen molar-refractivity contribution in [1.82, 2.24) is 20.2 Å². The summed E-state index contributed by atoms with van der Waals surface area (Å²) in [6.07, 6.45) is 0. The molecule has 0 bridgehead atoms. The molecule has 4 aromatic rings. The van der Waals surface area contributed by atoms with Crippen LogP contribution in [0.2, 0.25) is 0 Å². The van der Waals surface area contributed by atoms with Gasteiger partial charge in [-0.25, -0.2) is 4.98 Å². The molecule has 0 unspecified atom stereocenters. The Morgan fingerprint density at radius 2 is 1.92 bits per heavy atom. The molecule has 0 amide bonds. The van der Waals surface area contributed by atoms with Gasteiger partial charge in [0.25, 0.3) is 0 Å². The Kier molecular flexibility index (Phi) is 3.58. The number of aromatic amines is 2. The highest BCUT2D eigenvalue weighted by Crippen LogP contribution is 2.35. The molecule has 4 rings (SSSR count). The highest BCUT2D eigenvalue weighted by Gasteiger charge is 2.18. The van der Waals surface area contributed by atoms with E-state index >= 15 is 0 Å². The number of amidine groups is 1. The van der Waals surface area contributed by atoms with Crippen molar-refractivity contribution in [3.63, 3.8) is 0 Å². The standard InChI is InChI=1S/C18H16N6O2/c1-9-2-4-10(5-3-9)14-16(25)15(23-22-14)18-20-12-7-6-11(17(19)24-26)8-13(12)21-18/h2-8,25-26H,1H3,(H2,19,24)(H,20,21)(H,22,23). The van der Waals surface area contributed by atoms with Gasteiger partial charge < -0.3 is 21.0 Å². The first-order valence-electron chi connectivity index (χ1n) is 7.89. The molecule has 0 atom stereocenters. The summed E-state index contributed by atoms with van der Waals surface area (Å²) in [5, 5.41) is 29.4. The third-order valence-electron chi connectivity index (χ3n) is 4.19. The van der Waals surface area contributed by atoms with Crippen LogP contribution >= 0.6 is 0 Å². The normalized spacial score (nSPS) is 12.0. The van der Waals surface area contributed by atoms with E-state index in [0.717, 1.165) is 16.6 Å². The lowest BCUT2D eigenvalue weighted by atomic mass is 10.1. The number of aromatic hydroxyl groups is 1. The maximum absolute atomic E-state index is 10.6. The number of nitrogens with two attached hydrogens (primary N) is 1. The molecule has 0 spiro atoms. The Bertz CT molecular complexity index is 1120. The van der Waals surface area contributed by atoms with Crippen LogP contribution in [0.5, 0.6) is 5.75 Å². The number of oxime groups is 1. The van der Waals surface area contributed by atoms with Crippen molar-refractivity contribution in [3.05, 3.63) is 53.6 Å². The Labute approximate surface area is 148 Å². The van der Waals surface area contributed by atoms with Crippen LogP contribution in [0.25, 0.3) is 33.8 Å². The van der Waals surface area contributed by atoms with E-state index in [1.807, 2.05) is 31.2 Å². The minimum Gasteiger partial charge on any atom is -0.504 e. The number of aromatic nitrogens is 4. The molecule has 2 heterocycles. The number of fused-ring (bicyclic) bond motifs is 1. The number of nitrogens with one attached hydrogen (secondary N) is 2. The molecule has 2 aromatic heterocycles. The summed E-state index contributed by atoms with van der Waals surface area (Å²) in [5.74, 6) is 0.465. The first-order valence-corrected chi connectivity index (χ1v) is 7.89. The summed E-state index contributed by atoms with van der Waals surface area (Å²) < 4.78 is 0. The van der Waals surface area contributed by atoms with Crippen molar-refractivity contribution < 1.29 is 10.3 Å². The maximum Gasteiger partial charge on any atom is 0.172 e. The van der Waals surface area contributed by atoms with Crippen molar-refractivity contribution in [2.24, 2.45) is 10.9 Å². The fourth-order valence-corrected chi connectivity index (χ4v) is 2.76. The zero-order valence-electron chi connectivity index (χ0n) is 13.9. The zero-order chi connectivity index (χ0) is 18.3. The van der Waals surface area contributed by atoms with Crippen LogP contribution in [0.1, 0.15) is 11.1 Å². The molecule has 0 saturated heterocycles. The molecule has 130 valence electrons. The Balaban J connectivity index is 1.77. The molecule has 0 fully saturated rings. The summed E-state index contributed by atoms with van der Waals surface area (Å²) in [5.41, 5.74) is 10.3. The largest absolute Gasteiger partial charge is 0.504 e. The topological polar surface area (TPSA) is 136 Å². The molecule has 2 aromatic carbocycles. The summed E-state index contributed by atoms with van der Waals surface area (Å²) in [6, 6.07) is 12.9. The summed E-state index contributed by atoms with van der Waals surface area (Å²) >= 11 is 0. The van der Waals surface area contributed by atoms with Crippen LogP contribution in [0.4, 0.5) is 0 Å². The minimum absolute atomic E-state index is 0.00231. The van der Waals surface area contributed by atoms with Crippen LogP contribution < -0.4 is 5.73 Å². The van der Waals surface area contributed by atoms with Crippen molar-refractivity contribution in [2.75, 3.05) is 0 Å². The monoisotopic (exact) mass is 348 g/mol. The van der Waals surface area contributed by atoms with Gasteiger partial charge in [-0.05, 0) is 25.1 Å². The minimum atomic E-state index is 0.00231. The van der Waals surface area contributed by atoms with Crippen LogP contribution in [0.15, 0.2) is 47.6 Å². The SMILES string of the molecule is Cc1ccc(-c2n[nH]c(-c3nc4cc(/C(N)=N/O)ccc4[nH]3)c2O)cc1. The van der Waals surface area contributed by atoms with Gasteiger partial charge in [0.2, 0.25) is 0 Å². The number of imidazole rings is 1. The van der Waals surface area contributed by atoms with Gasteiger partial charge in [-0.3, -0.25) is 5.10 Å². The van der Waals surface area contributed by atoms with Gasteiger partial charge in [-0.15, -0.1) is 0 Å². The summed E-state index contributed by atoms with van der Waals surface area (Å²) in [6.45, 7) is 2.00. The third kappa shape index (κ3) is 2.53. The van der Waals surface area contributed by atoms with E-state index in [1.54, 1.807) is 18.2 Å². The second-order valence-electron chi connectivity index (χ2n) is 5.96. The van der Waals surface area contributed by atoms with Crippen LogP contribution in [-0.4, -0.2) is 36.3 Å². The lowest BCUT2D eigenvalue weighted by molar-refractivity contribution is 0.318. The fraction of sp³-hybridized carbons (Fsp3) is 0.0556. The highest BCUT2D eigenvalue weighted by atomic mass is 16.4. The molecule has 0 aliphatic rings. The number of H-pyrrole nitrogens is 2. The lowest BCUT2D eigenvalue weighted by Gasteiger charge is -1.99. The molecule has 0 radical (unpaired) electrons. The number of hydrogen-bond acceptors (Lipinski definition) is 5. The predicted octanol–water partition coefficient (Wildman–Crippen LogP) is 2.73. The summed E-state index contributed by atoms with van der Waals surface area (Å²) in [7, 11) is 0. The van der Waals surface area contributed by atoms with Gasteiger partial charge in [0.15, 0.2) is 17.4 Å². The van der Waals surface area contributed by atoms with Crippen molar-refractivity contribution >= 4 is 16.9 Å². The number of benzene rings is 2. The van der Waals surface area contributed by atoms with Crippen molar-refractivity contribution in [2.45, 2.75) is 6.92 Å².